The maximum Gasteiger partial charge on any atom is 0.314 e. The fourth-order valence-electron chi connectivity index (χ4n) is 1.78. The van der Waals surface area contributed by atoms with Crippen molar-refractivity contribution in [1.29, 1.82) is 0 Å². The van der Waals surface area contributed by atoms with E-state index < -0.39 is 12.0 Å². The Labute approximate surface area is 131 Å². The maximum absolute atomic E-state index is 11.4. The fourth-order valence-corrected chi connectivity index (χ4v) is 2.23. The molecule has 4 N–H and O–H groups in total. The third kappa shape index (κ3) is 7.67. The van der Waals surface area contributed by atoms with Gasteiger partial charge < -0.3 is 20.8 Å². The van der Waals surface area contributed by atoms with Gasteiger partial charge in [-0.1, -0.05) is 28.1 Å². The fraction of sp³-hybridized carbons (Fsp3) is 0.429. The number of amides is 2. The first-order chi connectivity index (χ1) is 10.0. The van der Waals surface area contributed by atoms with Crippen LogP contribution in [-0.4, -0.2) is 41.9 Å². The van der Waals surface area contributed by atoms with Gasteiger partial charge in [0.15, 0.2) is 0 Å². The van der Waals surface area contributed by atoms with Crippen LogP contribution in [0.1, 0.15) is 12.0 Å². The number of urea groups is 1. The van der Waals surface area contributed by atoms with Gasteiger partial charge >= 0.3 is 12.0 Å². The third-order valence-corrected chi connectivity index (χ3v) is 3.34. The highest BCUT2D eigenvalue weighted by atomic mass is 79.9. The van der Waals surface area contributed by atoms with Crippen molar-refractivity contribution in [3.63, 3.8) is 0 Å². The Morgan fingerprint density at radius 3 is 2.67 bits per heavy atom. The summed E-state index contributed by atoms with van der Waals surface area (Å²) in [5.74, 6) is -1.05. The molecule has 1 atom stereocenters. The molecule has 0 aliphatic carbocycles. The Morgan fingerprint density at radius 2 is 2.05 bits per heavy atom. The Morgan fingerprint density at radius 1 is 1.29 bits per heavy atom. The number of carbonyl (C=O) groups is 2. The predicted molar refractivity (Wildman–Crippen MR) is 82.1 cm³/mol. The zero-order valence-electron chi connectivity index (χ0n) is 11.5. The van der Waals surface area contributed by atoms with Crippen molar-refractivity contribution >= 4 is 27.9 Å². The van der Waals surface area contributed by atoms with E-state index in [2.05, 4.69) is 26.6 Å². The molecular weight excluding hydrogens is 340 g/mol. The second-order valence-corrected chi connectivity index (χ2v) is 5.58. The summed E-state index contributed by atoms with van der Waals surface area (Å²) < 4.78 is 0.969. The van der Waals surface area contributed by atoms with Gasteiger partial charge in [0.1, 0.15) is 0 Å². The normalized spacial score (nSPS) is 11.7. The van der Waals surface area contributed by atoms with Crippen molar-refractivity contribution in [3.05, 3.63) is 34.3 Å². The molecule has 0 aromatic heterocycles. The van der Waals surface area contributed by atoms with Crippen LogP contribution >= 0.6 is 15.9 Å². The van der Waals surface area contributed by atoms with E-state index in [-0.39, 0.29) is 25.5 Å². The molecule has 1 aromatic rings. The molecule has 7 heteroatoms. The van der Waals surface area contributed by atoms with E-state index in [1.165, 1.54) is 0 Å². The minimum absolute atomic E-state index is 0.0398. The molecule has 2 amide bonds. The van der Waals surface area contributed by atoms with E-state index in [1.54, 1.807) is 0 Å². The summed E-state index contributed by atoms with van der Waals surface area (Å²) in [7, 11) is 0. The van der Waals surface area contributed by atoms with Crippen LogP contribution in [0.25, 0.3) is 0 Å². The van der Waals surface area contributed by atoms with Gasteiger partial charge in [0.05, 0.1) is 6.42 Å². The number of carboxylic acids is 1. The number of benzene rings is 1. The van der Waals surface area contributed by atoms with Crippen molar-refractivity contribution in [2.45, 2.75) is 12.8 Å². The molecule has 0 saturated heterocycles. The minimum Gasteiger partial charge on any atom is -0.481 e. The Hall–Kier alpha value is -1.60. The zero-order valence-corrected chi connectivity index (χ0v) is 13.1. The molecule has 1 aromatic carbocycles. The van der Waals surface area contributed by atoms with Crippen LogP contribution in [0, 0.1) is 5.92 Å². The number of hydrogen-bond donors (Lipinski definition) is 4. The molecule has 0 aliphatic rings. The number of halogens is 1. The smallest absolute Gasteiger partial charge is 0.314 e. The molecular formula is C14H19BrN2O4. The average molecular weight is 359 g/mol. The van der Waals surface area contributed by atoms with Gasteiger partial charge in [0.25, 0.3) is 0 Å². The molecule has 0 heterocycles. The topological polar surface area (TPSA) is 98.7 Å². The number of rotatable bonds is 8. The van der Waals surface area contributed by atoms with Crippen molar-refractivity contribution < 1.29 is 19.8 Å². The van der Waals surface area contributed by atoms with Crippen LogP contribution in [0.3, 0.4) is 0 Å². The predicted octanol–water partition coefficient (Wildman–Crippen LogP) is 1.37. The molecule has 0 fully saturated rings. The lowest BCUT2D eigenvalue weighted by atomic mass is 10.0. The highest BCUT2D eigenvalue weighted by Crippen LogP contribution is 2.14. The van der Waals surface area contributed by atoms with Gasteiger partial charge in [-0.3, -0.25) is 4.79 Å². The second kappa shape index (κ2) is 9.36. The van der Waals surface area contributed by atoms with Crippen LogP contribution in [0.2, 0.25) is 0 Å². The van der Waals surface area contributed by atoms with Gasteiger partial charge in [0.2, 0.25) is 0 Å². The van der Waals surface area contributed by atoms with Gasteiger partial charge in [-0.15, -0.1) is 0 Å². The number of carbonyl (C=O) groups excluding carboxylic acids is 1. The Kier molecular flexibility index (Phi) is 7.78. The molecule has 1 unspecified atom stereocenters. The largest absolute Gasteiger partial charge is 0.481 e. The lowest BCUT2D eigenvalue weighted by molar-refractivity contribution is -0.136. The van der Waals surface area contributed by atoms with E-state index in [1.807, 2.05) is 24.3 Å². The molecule has 0 aliphatic heterocycles. The lowest BCUT2D eigenvalue weighted by Crippen LogP contribution is -2.40. The molecule has 116 valence electrons. The van der Waals surface area contributed by atoms with E-state index in [0.717, 1.165) is 10.0 Å². The van der Waals surface area contributed by atoms with Gasteiger partial charge in [-0.25, -0.2) is 4.79 Å². The summed E-state index contributed by atoms with van der Waals surface area (Å²) in [6.45, 7) is 0.362. The van der Waals surface area contributed by atoms with Crippen LogP contribution in [-0.2, 0) is 11.2 Å². The third-order valence-electron chi connectivity index (χ3n) is 2.85. The van der Waals surface area contributed by atoms with Crippen LogP contribution in [0.4, 0.5) is 4.79 Å². The first-order valence-corrected chi connectivity index (χ1v) is 7.39. The van der Waals surface area contributed by atoms with Gasteiger partial charge in [-0.05, 0) is 24.1 Å². The molecule has 0 radical (unpaired) electrons. The van der Waals surface area contributed by atoms with Crippen molar-refractivity contribution in [1.82, 2.24) is 10.6 Å². The number of aliphatic carboxylic acids is 1. The Balaban J connectivity index is 2.33. The quantitative estimate of drug-likeness (QED) is 0.564. The minimum atomic E-state index is -0.960. The van der Waals surface area contributed by atoms with Crippen LogP contribution < -0.4 is 10.6 Å². The number of carboxylic acid groups (broad SMARTS) is 1. The van der Waals surface area contributed by atoms with Crippen molar-refractivity contribution in [2.75, 3.05) is 19.7 Å². The van der Waals surface area contributed by atoms with E-state index in [0.29, 0.717) is 13.0 Å². The maximum atomic E-state index is 11.4. The van der Waals surface area contributed by atoms with Crippen molar-refractivity contribution in [2.24, 2.45) is 5.92 Å². The summed E-state index contributed by atoms with van der Waals surface area (Å²) in [5, 5.41) is 22.9. The Bertz CT molecular complexity index is 482. The first kappa shape index (κ1) is 17.5. The second-order valence-electron chi connectivity index (χ2n) is 4.66. The monoisotopic (exact) mass is 358 g/mol. The standard InChI is InChI=1S/C14H19BrN2O4/c15-12-3-1-2-10(7-12)6-11(9-18)8-17-14(21)16-5-4-13(19)20/h1-3,7,11,18H,4-6,8-9H2,(H,19,20)(H2,16,17,21). The van der Waals surface area contributed by atoms with Crippen molar-refractivity contribution in [3.8, 4) is 0 Å². The molecule has 1 rings (SSSR count). The summed E-state index contributed by atoms with van der Waals surface area (Å²) in [6, 6.07) is 7.34. The number of nitrogens with one attached hydrogen (secondary N) is 2. The SMILES string of the molecule is O=C(O)CCNC(=O)NCC(CO)Cc1cccc(Br)c1. The van der Waals surface area contributed by atoms with E-state index in [9.17, 15) is 14.7 Å². The highest BCUT2D eigenvalue weighted by Gasteiger charge is 2.11. The molecule has 21 heavy (non-hydrogen) atoms. The summed E-state index contributed by atoms with van der Waals surface area (Å²) >= 11 is 3.39. The van der Waals surface area contributed by atoms with Gasteiger partial charge in [0, 0.05) is 30.1 Å². The molecule has 0 saturated carbocycles. The number of aliphatic hydroxyl groups is 1. The first-order valence-electron chi connectivity index (χ1n) is 6.60. The van der Waals surface area contributed by atoms with Gasteiger partial charge in [-0.2, -0.15) is 0 Å². The summed E-state index contributed by atoms with van der Waals surface area (Å²) in [5.41, 5.74) is 1.07. The lowest BCUT2D eigenvalue weighted by Gasteiger charge is -2.15. The van der Waals surface area contributed by atoms with E-state index >= 15 is 0 Å². The number of hydrogen-bond acceptors (Lipinski definition) is 3. The van der Waals surface area contributed by atoms with E-state index in [4.69, 9.17) is 5.11 Å². The number of aliphatic hydroxyl groups excluding tert-OH is 1. The average Bonchev–Trinajstić information content (AvgIpc) is 2.43. The van der Waals surface area contributed by atoms with Crippen LogP contribution in [0.5, 0.6) is 0 Å². The summed E-state index contributed by atoms with van der Waals surface area (Å²) in [4.78, 5) is 21.8. The molecule has 0 bridgehead atoms. The highest BCUT2D eigenvalue weighted by molar-refractivity contribution is 9.10. The molecule has 0 spiro atoms. The van der Waals surface area contributed by atoms with Crippen LogP contribution in [0.15, 0.2) is 28.7 Å². The molecule has 6 nitrogen and oxygen atoms in total. The summed E-state index contributed by atoms with van der Waals surface area (Å²) in [6.07, 6.45) is 0.528. The zero-order chi connectivity index (χ0) is 15.7.